The molecule has 0 amide bonds. The van der Waals surface area contributed by atoms with E-state index in [0.717, 1.165) is 0 Å². The van der Waals surface area contributed by atoms with Gasteiger partial charge in [-0.15, -0.1) is 69.1 Å². The molecule has 0 aliphatic rings. The minimum absolute atomic E-state index is 0. The Morgan fingerprint density at radius 2 is 0.889 bits per heavy atom. The second-order valence-corrected chi connectivity index (χ2v) is 24.1. The zero-order valence-corrected chi connectivity index (χ0v) is 38.0. The van der Waals surface area contributed by atoms with Gasteiger partial charge in [-0.3, -0.25) is 0 Å². The van der Waals surface area contributed by atoms with Crippen molar-refractivity contribution in [1.29, 1.82) is 0 Å². The molecule has 0 saturated heterocycles. The van der Waals surface area contributed by atoms with Crippen molar-refractivity contribution in [2.45, 2.75) is 79.3 Å². The molecule has 0 bridgehead atoms. The molecule has 4 heteroatoms. The fourth-order valence-electron chi connectivity index (χ4n) is 7.47. The maximum Gasteiger partial charge on any atom is -1.00 e. The molecule has 0 saturated carbocycles. The smallest absolute Gasteiger partial charge is 1.00 e. The van der Waals surface area contributed by atoms with Crippen LogP contribution >= 0.6 is 0 Å². The van der Waals surface area contributed by atoms with Gasteiger partial charge in [0.05, 0.1) is 0 Å². The van der Waals surface area contributed by atoms with Gasteiger partial charge in [0, 0.05) is 0 Å². The monoisotopic (exact) mass is 840 g/mol. The largest absolute Gasteiger partial charge is 1.00 e. The third-order valence-electron chi connectivity index (χ3n) is 10.7. The standard InChI is InChI=1S/2C24H23.C2H6Si.2ClH.Zr/c2*1-4-16(2)20-14-19-9-7-11-22(23(19)15-20)24-17(3)12-13-18-8-5-6-10-21(18)24;1-3-2;;;/h2*5-16H,4H2,1-3H3;1-2H3;2*1H;/q2*-1;;;;+2/p-2. The van der Waals surface area contributed by atoms with E-state index in [0.29, 0.717) is 11.8 Å². The molecule has 0 aliphatic heterocycles. The molecule has 0 radical (unpaired) electrons. The van der Waals surface area contributed by atoms with Crippen LogP contribution in [-0.4, -0.2) is 5.43 Å². The maximum atomic E-state index is 2.40. The number of aryl methyl sites for hydroxylation is 2. The summed E-state index contributed by atoms with van der Waals surface area (Å²) in [6, 6.07) is 49.3. The van der Waals surface area contributed by atoms with Gasteiger partial charge in [0.1, 0.15) is 0 Å². The molecule has 276 valence electrons. The van der Waals surface area contributed by atoms with Gasteiger partial charge in [0.25, 0.3) is 0 Å². The third-order valence-corrected chi connectivity index (χ3v) is 10.7. The van der Waals surface area contributed by atoms with Crippen LogP contribution in [0.5, 0.6) is 0 Å². The Bertz CT molecular complexity index is 2330. The van der Waals surface area contributed by atoms with Gasteiger partial charge in [0.15, 0.2) is 0 Å². The van der Waals surface area contributed by atoms with Crippen molar-refractivity contribution >= 4 is 48.5 Å². The Morgan fingerprint density at radius 3 is 1.26 bits per heavy atom. The van der Waals surface area contributed by atoms with Crippen molar-refractivity contribution in [3.8, 4) is 22.3 Å². The average Bonchev–Trinajstić information content (AvgIpc) is 3.80. The van der Waals surface area contributed by atoms with Gasteiger partial charge >= 0.3 is 41.9 Å². The minimum Gasteiger partial charge on any atom is -1.00 e. The van der Waals surface area contributed by atoms with Gasteiger partial charge in [-0.2, -0.15) is 12.1 Å². The molecule has 2 atom stereocenters. The van der Waals surface area contributed by atoms with Gasteiger partial charge in [-0.25, -0.2) is 0 Å². The van der Waals surface area contributed by atoms with Crippen molar-refractivity contribution < 1.29 is 48.1 Å². The molecule has 0 heterocycles. The quantitative estimate of drug-likeness (QED) is 0.116. The van der Waals surface area contributed by atoms with Gasteiger partial charge in [0.2, 0.25) is 0 Å². The summed E-state index contributed by atoms with van der Waals surface area (Å²) in [5.41, 5.74) is 11.3. The van der Waals surface area contributed by atoms with E-state index in [1.807, 2.05) is 0 Å². The number of halogens is 2. The molecule has 0 aromatic heterocycles. The van der Waals surface area contributed by atoms with Crippen LogP contribution in [0.1, 0.15) is 74.6 Å². The van der Waals surface area contributed by atoms with Crippen molar-refractivity contribution in [3.05, 3.63) is 156 Å². The number of fused-ring (bicyclic) bond motifs is 4. The topological polar surface area (TPSA) is 0 Å². The van der Waals surface area contributed by atoms with E-state index in [-0.39, 0.29) is 30.2 Å². The van der Waals surface area contributed by atoms with E-state index in [1.54, 1.807) is 23.3 Å². The Balaban J connectivity index is 0.000000212. The maximum absolute atomic E-state index is 2.40. The molecular formula is C50H52Cl2SiZr-2. The van der Waals surface area contributed by atoms with Crippen molar-refractivity contribution in [2.75, 3.05) is 0 Å². The van der Waals surface area contributed by atoms with Crippen molar-refractivity contribution in [1.82, 2.24) is 0 Å². The molecule has 0 N–H and O–H groups in total. The number of hydrogen-bond acceptors (Lipinski definition) is 0. The summed E-state index contributed by atoms with van der Waals surface area (Å²) in [4.78, 5) is 0. The molecule has 0 nitrogen and oxygen atoms in total. The van der Waals surface area contributed by atoms with Crippen LogP contribution in [0, 0.1) is 13.8 Å². The van der Waals surface area contributed by atoms with E-state index in [2.05, 4.69) is 188 Å². The van der Waals surface area contributed by atoms with E-state index >= 15 is 0 Å². The third kappa shape index (κ3) is 9.39. The fraction of sp³-hybridized carbons (Fsp3) is 0.240. The number of rotatable bonds is 6. The van der Waals surface area contributed by atoms with E-state index in [4.69, 9.17) is 0 Å². The van der Waals surface area contributed by atoms with Crippen LogP contribution in [0.25, 0.3) is 65.3 Å². The number of benzene rings is 6. The first-order valence-electron chi connectivity index (χ1n) is 19.0. The van der Waals surface area contributed by atoms with Crippen LogP contribution in [0.2, 0.25) is 13.1 Å². The van der Waals surface area contributed by atoms with Crippen LogP contribution in [-0.2, 0) is 23.3 Å². The molecule has 54 heavy (non-hydrogen) atoms. The SMILES string of the molecule is CCC(C)c1cc2c(-c3c(C)ccc4ccccc34)cccc2[cH-]1.CCC(C)c1cc2c(-c3c(C)ccc4ccccc34)cccc2[cH-]1.C[Si](C)=[Zr+2].[Cl-].[Cl-]. The molecule has 0 spiro atoms. The summed E-state index contributed by atoms with van der Waals surface area (Å²) < 4.78 is 0. The van der Waals surface area contributed by atoms with E-state index < -0.39 is 0 Å². The Labute approximate surface area is 351 Å². The summed E-state index contributed by atoms with van der Waals surface area (Å²) >= 11 is 1.74. The molecule has 0 fully saturated rings. The van der Waals surface area contributed by atoms with Crippen molar-refractivity contribution in [3.63, 3.8) is 0 Å². The molecule has 8 rings (SSSR count). The van der Waals surface area contributed by atoms with Crippen LogP contribution in [0.3, 0.4) is 0 Å². The van der Waals surface area contributed by atoms with Gasteiger partial charge in [-0.05, 0) is 69.5 Å². The second-order valence-electron chi connectivity index (χ2n) is 14.8. The van der Waals surface area contributed by atoms with Crippen LogP contribution in [0.4, 0.5) is 0 Å². The van der Waals surface area contributed by atoms with Gasteiger partial charge in [-0.1, -0.05) is 137 Å². The first-order valence-corrected chi connectivity index (χ1v) is 25.2. The van der Waals surface area contributed by atoms with Crippen molar-refractivity contribution in [2.24, 2.45) is 0 Å². The van der Waals surface area contributed by atoms with Crippen LogP contribution in [0.15, 0.2) is 133 Å². The normalized spacial score (nSPS) is 11.9. The summed E-state index contributed by atoms with van der Waals surface area (Å²) in [5.74, 6) is 1.22. The second kappa shape index (κ2) is 19.6. The Kier molecular flexibility index (Phi) is 15.7. The first kappa shape index (κ1) is 43.5. The molecule has 8 aromatic carbocycles. The summed E-state index contributed by atoms with van der Waals surface area (Å²) in [5, 5.41) is 10.8. The number of hydrogen-bond donors (Lipinski definition) is 0. The first-order chi connectivity index (χ1) is 25.1. The molecule has 2 unspecified atom stereocenters. The predicted molar refractivity (Wildman–Crippen MR) is 229 cm³/mol. The zero-order valence-electron chi connectivity index (χ0n) is 33.0. The average molecular weight is 843 g/mol. The molecule has 0 aliphatic carbocycles. The van der Waals surface area contributed by atoms with E-state index in [1.165, 1.54) is 100 Å². The zero-order chi connectivity index (χ0) is 36.9. The minimum atomic E-state index is 0. The van der Waals surface area contributed by atoms with Crippen LogP contribution < -0.4 is 24.8 Å². The predicted octanol–water partition coefficient (Wildman–Crippen LogP) is 9.19. The Hall–Kier alpha value is -3.26. The molecule has 8 aromatic rings. The summed E-state index contributed by atoms with van der Waals surface area (Å²) in [6.07, 6.45) is 2.36. The summed E-state index contributed by atoms with van der Waals surface area (Å²) in [7, 11) is 0. The van der Waals surface area contributed by atoms with Gasteiger partial charge < -0.3 is 24.8 Å². The summed E-state index contributed by atoms with van der Waals surface area (Å²) in [6.45, 7) is 18.2. The molecular weight excluding hydrogens is 791 g/mol. The van der Waals surface area contributed by atoms with E-state index in [9.17, 15) is 0 Å². The Morgan fingerprint density at radius 1 is 0.519 bits per heavy atom. The fourth-order valence-corrected chi connectivity index (χ4v) is 7.47.